The van der Waals surface area contributed by atoms with Gasteiger partial charge in [0.25, 0.3) is 0 Å². The minimum atomic E-state index is -0.188. The number of aryl methyl sites for hydroxylation is 2. The monoisotopic (exact) mass is 443 g/mol. The average molecular weight is 444 g/mol. The summed E-state index contributed by atoms with van der Waals surface area (Å²) in [6.07, 6.45) is 0.967. The van der Waals surface area contributed by atoms with Crippen LogP contribution in [0.15, 0.2) is 78.9 Å². The first kappa shape index (κ1) is 24.1. The standard InChI is InChI=1S/C28H33N3O2/c1-21-11-10-12-22(2)27(21)30-28(33)31(19-17-24-13-6-4-7-14-24)20-18-26(32)29-23(3)25-15-8-5-9-16-25/h4-16,23H,17-20H2,1-3H3,(H,29,32)(H,30,33). The molecule has 0 radical (unpaired) electrons. The highest BCUT2D eigenvalue weighted by Gasteiger charge is 2.18. The van der Waals surface area contributed by atoms with Gasteiger partial charge in [0, 0.05) is 25.2 Å². The van der Waals surface area contributed by atoms with E-state index < -0.39 is 0 Å². The van der Waals surface area contributed by atoms with Crippen LogP contribution in [0.4, 0.5) is 10.5 Å². The fourth-order valence-electron chi connectivity index (χ4n) is 3.80. The molecule has 0 aliphatic carbocycles. The van der Waals surface area contributed by atoms with Crippen molar-refractivity contribution in [3.05, 3.63) is 101 Å². The van der Waals surface area contributed by atoms with Gasteiger partial charge in [-0.3, -0.25) is 4.79 Å². The Labute approximate surface area is 196 Å². The Morgan fingerprint density at radius 3 is 2.06 bits per heavy atom. The van der Waals surface area contributed by atoms with Crippen LogP contribution in [-0.4, -0.2) is 29.9 Å². The highest BCUT2D eigenvalue weighted by atomic mass is 16.2. The van der Waals surface area contributed by atoms with Gasteiger partial charge in [-0.25, -0.2) is 4.79 Å². The molecule has 2 N–H and O–H groups in total. The summed E-state index contributed by atoms with van der Waals surface area (Å²) in [5, 5.41) is 6.10. The number of urea groups is 1. The first-order valence-electron chi connectivity index (χ1n) is 11.4. The lowest BCUT2D eigenvalue weighted by Gasteiger charge is -2.24. The number of anilines is 1. The number of carbonyl (C=O) groups excluding carboxylic acids is 2. The zero-order valence-corrected chi connectivity index (χ0v) is 19.7. The predicted molar refractivity (Wildman–Crippen MR) is 134 cm³/mol. The molecule has 0 aromatic heterocycles. The molecule has 0 heterocycles. The molecule has 3 aromatic rings. The molecule has 0 aliphatic heterocycles. The first-order valence-corrected chi connectivity index (χ1v) is 11.4. The molecule has 172 valence electrons. The number of rotatable bonds is 9. The summed E-state index contributed by atoms with van der Waals surface area (Å²) < 4.78 is 0. The summed E-state index contributed by atoms with van der Waals surface area (Å²) in [4.78, 5) is 27.5. The van der Waals surface area contributed by atoms with Gasteiger partial charge in [-0.15, -0.1) is 0 Å². The molecule has 0 bridgehead atoms. The largest absolute Gasteiger partial charge is 0.350 e. The summed E-state index contributed by atoms with van der Waals surface area (Å²) >= 11 is 0. The molecule has 5 nitrogen and oxygen atoms in total. The minimum absolute atomic E-state index is 0.0732. The van der Waals surface area contributed by atoms with Gasteiger partial charge in [-0.05, 0) is 49.4 Å². The zero-order valence-electron chi connectivity index (χ0n) is 19.7. The summed E-state index contributed by atoms with van der Waals surface area (Å²) in [5.41, 5.74) is 5.07. The van der Waals surface area contributed by atoms with E-state index in [1.54, 1.807) is 4.90 Å². The molecule has 0 spiro atoms. The number of amides is 3. The number of carbonyl (C=O) groups is 2. The van der Waals surface area contributed by atoms with Crippen LogP contribution in [0.2, 0.25) is 0 Å². The van der Waals surface area contributed by atoms with Crippen molar-refractivity contribution in [1.82, 2.24) is 10.2 Å². The van der Waals surface area contributed by atoms with Crippen LogP contribution in [0, 0.1) is 13.8 Å². The van der Waals surface area contributed by atoms with Crippen molar-refractivity contribution in [3.63, 3.8) is 0 Å². The number of hydrogen-bond acceptors (Lipinski definition) is 2. The molecule has 3 rings (SSSR count). The highest BCUT2D eigenvalue weighted by molar-refractivity contribution is 5.91. The van der Waals surface area contributed by atoms with Crippen molar-refractivity contribution in [1.29, 1.82) is 0 Å². The van der Waals surface area contributed by atoms with Crippen LogP contribution in [0.25, 0.3) is 0 Å². The Hall–Kier alpha value is -3.60. The second kappa shape index (κ2) is 11.9. The topological polar surface area (TPSA) is 61.4 Å². The van der Waals surface area contributed by atoms with Gasteiger partial charge in [0.05, 0.1) is 6.04 Å². The maximum absolute atomic E-state index is 13.2. The second-order valence-corrected chi connectivity index (χ2v) is 8.37. The quantitative estimate of drug-likeness (QED) is 0.449. The van der Waals surface area contributed by atoms with E-state index >= 15 is 0 Å². The van der Waals surface area contributed by atoms with Gasteiger partial charge >= 0.3 is 6.03 Å². The van der Waals surface area contributed by atoms with E-state index in [2.05, 4.69) is 22.8 Å². The number of nitrogens with zero attached hydrogens (tertiary/aromatic N) is 1. The zero-order chi connectivity index (χ0) is 23.6. The second-order valence-electron chi connectivity index (χ2n) is 8.37. The minimum Gasteiger partial charge on any atom is -0.350 e. The third-order valence-corrected chi connectivity index (χ3v) is 5.80. The van der Waals surface area contributed by atoms with Crippen LogP contribution >= 0.6 is 0 Å². The number of hydrogen-bond donors (Lipinski definition) is 2. The van der Waals surface area contributed by atoms with E-state index in [9.17, 15) is 9.59 Å². The molecule has 5 heteroatoms. The lowest BCUT2D eigenvalue weighted by atomic mass is 10.1. The maximum Gasteiger partial charge on any atom is 0.321 e. The van der Waals surface area contributed by atoms with Gasteiger partial charge < -0.3 is 15.5 Å². The van der Waals surface area contributed by atoms with Crippen molar-refractivity contribution >= 4 is 17.6 Å². The Morgan fingerprint density at radius 2 is 1.42 bits per heavy atom. The molecule has 3 aromatic carbocycles. The molecule has 3 amide bonds. The van der Waals surface area contributed by atoms with Crippen LogP contribution < -0.4 is 10.6 Å². The Balaban J connectivity index is 1.64. The number of para-hydroxylation sites is 1. The Bertz CT molecular complexity index is 1030. The lowest BCUT2D eigenvalue weighted by Crippen LogP contribution is -2.39. The molecule has 0 saturated heterocycles. The summed E-state index contributed by atoms with van der Waals surface area (Å²) in [6.45, 7) is 6.80. The van der Waals surface area contributed by atoms with Gasteiger partial charge in [0.1, 0.15) is 0 Å². The van der Waals surface area contributed by atoms with Crippen LogP contribution in [-0.2, 0) is 11.2 Å². The highest BCUT2D eigenvalue weighted by Crippen LogP contribution is 2.20. The molecule has 0 saturated carbocycles. The number of nitrogens with one attached hydrogen (secondary N) is 2. The smallest absolute Gasteiger partial charge is 0.321 e. The van der Waals surface area contributed by atoms with Crippen molar-refractivity contribution in [2.24, 2.45) is 0 Å². The summed E-state index contributed by atoms with van der Waals surface area (Å²) in [5.74, 6) is -0.0732. The molecule has 0 fully saturated rings. The Morgan fingerprint density at radius 1 is 0.818 bits per heavy atom. The van der Waals surface area contributed by atoms with E-state index in [-0.39, 0.29) is 24.4 Å². The molecular formula is C28H33N3O2. The van der Waals surface area contributed by atoms with E-state index in [1.165, 1.54) is 0 Å². The van der Waals surface area contributed by atoms with Crippen molar-refractivity contribution in [2.45, 2.75) is 39.7 Å². The molecule has 1 unspecified atom stereocenters. The van der Waals surface area contributed by atoms with Gasteiger partial charge in [0.2, 0.25) is 5.91 Å². The Kier molecular flexibility index (Phi) is 8.64. The van der Waals surface area contributed by atoms with Crippen molar-refractivity contribution in [3.8, 4) is 0 Å². The van der Waals surface area contributed by atoms with E-state index in [0.717, 1.165) is 34.4 Å². The molecular weight excluding hydrogens is 410 g/mol. The molecule has 1 atom stereocenters. The van der Waals surface area contributed by atoms with Crippen LogP contribution in [0.5, 0.6) is 0 Å². The normalized spacial score (nSPS) is 11.5. The van der Waals surface area contributed by atoms with Gasteiger partial charge in [0.15, 0.2) is 0 Å². The predicted octanol–water partition coefficient (Wildman–Crippen LogP) is 5.65. The fourth-order valence-corrected chi connectivity index (χ4v) is 3.80. The molecule has 0 aliphatic rings. The molecule has 33 heavy (non-hydrogen) atoms. The SMILES string of the molecule is Cc1cccc(C)c1NC(=O)N(CCC(=O)NC(C)c1ccccc1)CCc1ccccc1. The third-order valence-electron chi connectivity index (χ3n) is 5.80. The van der Waals surface area contributed by atoms with E-state index in [4.69, 9.17) is 0 Å². The van der Waals surface area contributed by atoms with Gasteiger partial charge in [-0.2, -0.15) is 0 Å². The summed E-state index contributed by atoms with van der Waals surface area (Å²) in [7, 11) is 0. The van der Waals surface area contributed by atoms with E-state index in [1.807, 2.05) is 87.5 Å². The first-order chi connectivity index (χ1) is 15.9. The summed E-state index contributed by atoms with van der Waals surface area (Å²) in [6, 6.07) is 25.6. The van der Waals surface area contributed by atoms with Crippen LogP contribution in [0.1, 0.15) is 41.6 Å². The fraction of sp³-hybridized carbons (Fsp3) is 0.286. The lowest BCUT2D eigenvalue weighted by molar-refractivity contribution is -0.121. The van der Waals surface area contributed by atoms with E-state index in [0.29, 0.717) is 13.1 Å². The maximum atomic E-state index is 13.2. The van der Waals surface area contributed by atoms with Crippen molar-refractivity contribution in [2.75, 3.05) is 18.4 Å². The van der Waals surface area contributed by atoms with Gasteiger partial charge in [-0.1, -0.05) is 78.9 Å². The average Bonchev–Trinajstić information content (AvgIpc) is 2.82. The number of benzene rings is 3. The van der Waals surface area contributed by atoms with Crippen LogP contribution in [0.3, 0.4) is 0 Å². The third kappa shape index (κ3) is 7.21. The van der Waals surface area contributed by atoms with Crippen molar-refractivity contribution < 1.29 is 9.59 Å².